The van der Waals surface area contributed by atoms with Gasteiger partial charge in [0.15, 0.2) is 5.11 Å². The van der Waals surface area contributed by atoms with Crippen molar-refractivity contribution in [3.05, 3.63) is 95.7 Å². The van der Waals surface area contributed by atoms with Gasteiger partial charge in [0.25, 0.3) is 5.91 Å². The van der Waals surface area contributed by atoms with Gasteiger partial charge in [-0.25, -0.2) is 0 Å². The van der Waals surface area contributed by atoms with E-state index in [1.165, 1.54) is 4.90 Å². The zero-order valence-corrected chi connectivity index (χ0v) is 19.2. The van der Waals surface area contributed by atoms with E-state index in [1.807, 2.05) is 48.5 Å². The van der Waals surface area contributed by atoms with Crippen LogP contribution in [-0.4, -0.2) is 28.0 Å². The highest BCUT2D eigenvalue weighted by Crippen LogP contribution is 2.27. The van der Waals surface area contributed by atoms with Crippen molar-refractivity contribution in [1.29, 1.82) is 0 Å². The Morgan fingerprint density at radius 3 is 2.82 bits per heavy atom. The fourth-order valence-corrected chi connectivity index (χ4v) is 4.05. The summed E-state index contributed by atoms with van der Waals surface area (Å²) in [6.45, 7) is 0.552. The molecule has 8 heteroatoms. The van der Waals surface area contributed by atoms with Crippen LogP contribution in [0.3, 0.4) is 0 Å². The Balaban J connectivity index is 1.37. The van der Waals surface area contributed by atoms with Crippen LogP contribution in [0.25, 0.3) is 17.0 Å². The molecule has 5 rings (SSSR count). The van der Waals surface area contributed by atoms with Crippen LogP contribution in [-0.2, 0) is 17.9 Å². The Morgan fingerprint density at radius 2 is 2.00 bits per heavy atom. The van der Waals surface area contributed by atoms with Crippen molar-refractivity contribution in [3.8, 4) is 11.5 Å². The highest BCUT2D eigenvalue weighted by molar-refractivity contribution is 7.80. The molecule has 0 bridgehead atoms. The van der Waals surface area contributed by atoms with E-state index in [4.69, 9.17) is 26.1 Å². The summed E-state index contributed by atoms with van der Waals surface area (Å²) in [6.07, 6.45) is 5.07. The standard InChI is InChI=1S/C26H21N3O4S/c1-31-22-10-9-17(14-21-25(30)29(26(34)28-21)15-20-7-4-12-32-20)13-19(22)16-33-23-8-2-5-18-6-3-11-27-24(18)23/h2-14H,15-16H2,1H3,(H,28,34)/b21-14+. The lowest BCUT2D eigenvalue weighted by Gasteiger charge is -2.12. The quantitative estimate of drug-likeness (QED) is 0.310. The molecular formula is C26H21N3O4S. The van der Waals surface area contributed by atoms with Gasteiger partial charge in [0.2, 0.25) is 0 Å². The normalized spacial score (nSPS) is 14.6. The van der Waals surface area contributed by atoms with Gasteiger partial charge < -0.3 is 19.2 Å². The number of nitrogens with zero attached hydrogens (tertiary/aromatic N) is 2. The lowest BCUT2D eigenvalue weighted by molar-refractivity contribution is -0.122. The third-order valence-corrected chi connectivity index (χ3v) is 5.77. The average molecular weight is 472 g/mol. The zero-order chi connectivity index (χ0) is 23.5. The van der Waals surface area contributed by atoms with E-state index in [1.54, 1.807) is 37.8 Å². The van der Waals surface area contributed by atoms with E-state index in [0.29, 0.717) is 28.1 Å². The Morgan fingerprint density at radius 1 is 1.12 bits per heavy atom. The SMILES string of the molecule is COc1ccc(/C=C2/NC(=S)N(Cc3ccco3)C2=O)cc1COc1cccc2cccnc12. The molecule has 1 amide bonds. The maximum atomic E-state index is 12.9. The first kappa shape index (κ1) is 21.7. The molecule has 4 aromatic rings. The molecule has 1 N–H and O–H groups in total. The maximum absolute atomic E-state index is 12.9. The van der Waals surface area contributed by atoms with E-state index in [-0.39, 0.29) is 19.1 Å². The van der Waals surface area contributed by atoms with Gasteiger partial charge in [0, 0.05) is 17.1 Å². The van der Waals surface area contributed by atoms with Crippen LogP contribution in [0, 0.1) is 0 Å². The lowest BCUT2D eigenvalue weighted by atomic mass is 10.1. The predicted molar refractivity (Wildman–Crippen MR) is 132 cm³/mol. The number of thiocarbonyl (C=S) groups is 1. The number of nitrogens with one attached hydrogen (secondary N) is 1. The number of fused-ring (bicyclic) bond motifs is 1. The largest absolute Gasteiger partial charge is 0.496 e. The van der Waals surface area contributed by atoms with Crippen LogP contribution < -0.4 is 14.8 Å². The molecule has 3 heterocycles. The van der Waals surface area contributed by atoms with Crippen LogP contribution >= 0.6 is 12.2 Å². The molecule has 1 fully saturated rings. The van der Waals surface area contributed by atoms with Gasteiger partial charge in [0.05, 0.1) is 19.9 Å². The van der Waals surface area contributed by atoms with Gasteiger partial charge in [-0.15, -0.1) is 0 Å². The molecule has 1 aliphatic rings. The number of carbonyl (C=O) groups excluding carboxylic acids is 1. The number of para-hydroxylation sites is 1. The first-order valence-electron chi connectivity index (χ1n) is 10.6. The fourth-order valence-electron chi connectivity index (χ4n) is 3.79. The Hall–Kier alpha value is -4.17. The number of hydrogen-bond acceptors (Lipinski definition) is 6. The maximum Gasteiger partial charge on any atom is 0.276 e. The minimum atomic E-state index is -0.211. The summed E-state index contributed by atoms with van der Waals surface area (Å²) in [7, 11) is 1.61. The van der Waals surface area contributed by atoms with Crippen LogP contribution in [0.5, 0.6) is 11.5 Å². The molecule has 1 aliphatic heterocycles. The molecule has 0 atom stereocenters. The first-order chi connectivity index (χ1) is 16.6. The van der Waals surface area contributed by atoms with Crippen molar-refractivity contribution in [3.63, 3.8) is 0 Å². The van der Waals surface area contributed by atoms with Gasteiger partial charge >= 0.3 is 0 Å². The molecule has 0 saturated carbocycles. The highest BCUT2D eigenvalue weighted by Gasteiger charge is 2.31. The zero-order valence-electron chi connectivity index (χ0n) is 18.4. The minimum absolute atomic E-state index is 0.211. The summed E-state index contributed by atoms with van der Waals surface area (Å²) in [4.78, 5) is 18.8. The fraction of sp³-hybridized carbons (Fsp3) is 0.115. The molecule has 0 spiro atoms. The molecule has 0 aliphatic carbocycles. The van der Waals surface area contributed by atoms with Crippen molar-refractivity contribution in [2.75, 3.05) is 7.11 Å². The van der Waals surface area contributed by atoms with Crippen molar-refractivity contribution in [2.24, 2.45) is 0 Å². The van der Waals surface area contributed by atoms with Gasteiger partial charge in [-0.1, -0.05) is 24.3 Å². The molecule has 0 unspecified atom stereocenters. The summed E-state index contributed by atoms with van der Waals surface area (Å²) >= 11 is 5.35. The number of aromatic nitrogens is 1. The summed E-state index contributed by atoms with van der Waals surface area (Å²) < 4.78 is 17.0. The second-order valence-corrected chi connectivity index (χ2v) is 8.04. The Labute approximate surface area is 201 Å². The van der Waals surface area contributed by atoms with Crippen LogP contribution in [0.4, 0.5) is 0 Å². The molecule has 2 aromatic heterocycles. The van der Waals surface area contributed by atoms with E-state index in [0.717, 1.165) is 22.0 Å². The molecule has 1 saturated heterocycles. The van der Waals surface area contributed by atoms with Crippen molar-refractivity contribution >= 4 is 40.2 Å². The lowest BCUT2D eigenvalue weighted by Crippen LogP contribution is -2.29. The topological polar surface area (TPSA) is 76.8 Å². The average Bonchev–Trinajstić information content (AvgIpc) is 3.47. The molecule has 7 nitrogen and oxygen atoms in total. The van der Waals surface area contributed by atoms with Crippen molar-refractivity contribution in [2.45, 2.75) is 13.2 Å². The monoisotopic (exact) mass is 471 g/mol. The van der Waals surface area contributed by atoms with E-state index in [2.05, 4.69) is 10.3 Å². The molecule has 2 aromatic carbocycles. The van der Waals surface area contributed by atoms with E-state index in [9.17, 15) is 4.79 Å². The summed E-state index contributed by atoms with van der Waals surface area (Å²) in [5.41, 5.74) is 2.85. The molecule has 34 heavy (non-hydrogen) atoms. The number of pyridine rings is 1. The Kier molecular flexibility index (Phi) is 5.97. The summed E-state index contributed by atoms with van der Waals surface area (Å²) in [5, 5.41) is 4.34. The second-order valence-electron chi connectivity index (χ2n) is 7.65. The highest BCUT2D eigenvalue weighted by atomic mass is 32.1. The summed E-state index contributed by atoms with van der Waals surface area (Å²) in [5.74, 6) is 1.83. The molecular weight excluding hydrogens is 450 g/mol. The van der Waals surface area contributed by atoms with Crippen LogP contribution in [0.2, 0.25) is 0 Å². The molecule has 170 valence electrons. The van der Waals surface area contributed by atoms with Gasteiger partial charge in [0.1, 0.15) is 35.1 Å². The van der Waals surface area contributed by atoms with Crippen molar-refractivity contribution < 1.29 is 18.7 Å². The van der Waals surface area contributed by atoms with Crippen LogP contribution in [0.1, 0.15) is 16.9 Å². The number of hydrogen-bond donors (Lipinski definition) is 1. The van der Waals surface area contributed by atoms with E-state index < -0.39 is 0 Å². The number of carbonyl (C=O) groups is 1. The van der Waals surface area contributed by atoms with Gasteiger partial charge in [-0.3, -0.25) is 14.7 Å². The third kappa shape index (κ3) is 4.35. The van der Waals surface area contributed by atoms with Gasteiger partial charge in [-0.05, 0) is 60.3 Å². The number of benzene rings is 2. The Bertz CT molecular complexity index is 1390. The van der Waals surface area contributed by atoms with Crippen LogP contribution in [0.15, 0.2) is 83.2 Å². The molecule has 0 radical (unpaired) electrons. The van der Waals surface area contributed by atoms with E-state index >= 15 is 0 Å². The summed E-state index contributed by atoms with van der Waals surface area (Å²) in [6, 6.07) is 18.9. The first-order valence-corrected chi connectivity index (χ1v) is 11.0. The number of amides is 1. The minimum Gasteiger partial charge on any atom is -0.496 e. The second kappa shape index (κ2) is 9.36. The number of furan rings is 1. The smallest absolute Gasteiger partial charge is 0.276 e. The number of ether oxygens (including phenoxy) is 2. The number of rotatable bonds is 7. The third-order valence-electron chi connectivity index (χ3n) is 5.45. The van der Waals surface area contributed by atoms with Gasteiger partial charge in [-0.2, -0.15) is 0 Å². The predicted octanol–water partition coefficient (Wildman–Crippen LogP) is 4.67. The number of methoxy groups -OCH3 is 1. The van der Waals surface area contributed by atoms with Crippen molar-refractivity contribution in [1.82, 2.24) is 15.2 Å².